The maximum atomic E-state index is 13.9. The van der Waals surface area contributed by atoms with Crippen LogP contribution in [-0.4, -0.2) is 38.4 Å². The molecule has 0 aromatic heterocycles. The highest BCUT2D eigenvalue weighted by molar-refractivity contribution is 7.89. The number of nitrogen functional groups attached to an aromatic ring is 1. The third-order valence-electron chi connectivity index (χ3n) is 3.49. The molecular formula is C13H17FN2O4S. The van der Waals surface area contributed by atoms with Gasteiger partial charge in [-0.15, -0.1) is 0 Å². The van der Waals surface area contributed by atoms with E-state index in [-0.39, 0.29) is 12.2 Å². The third-order valence-corrected chi connectivity index (χ3v) is 5.49. The van der Waals surface area contributed by atoms with E-state index in [1.807, 2.05) is 0 Å². The summed E-state index contributed by atoms with van der Waals surface area (Å²) in [5.41, 5.74) is 5.43. The molecule has 1 atom stereocenters. The number of anilines is 1. The van der Waals surface area contributed by atoms with Crippen LogP contribution in [0, 0.1) is 5.82 Å². The van der Waals surface area contributed by atoms with Crippen LogP contribution in [0.25, 0.3) is 0 Å². The molecular weight excluding hydrogens is 299 g/mol. The molecule has 6 nitrogen and oxygen atoms in total. The molecule has 0 aliphatic carbocycles. The first kappa shape index (κ1) is 15.7. The summed E-state index contributed by atoms with van der Waals surface area (Å²) in [5, 5.41) is 0. The molecule has 0 amide bonds. The number of piperidine rings is 1. The molecule has 0 bridgehead atoms. The molecule has 1 heterocycles. The minimum atomic E-state index is -4.20. The standard InChI is InChI=1S/C13H17FN2O4S/c1-20-13(17)11-7-2-3-8-16(11)21(18,19)12-9(14)5-4-6-10(12)15/h4-6,11H,2-3,7-8,15H2,1H3. The number of benzene rings is 1. The molecule has 1 aliphatic heterocycles. The van der Waals surface area contributed by atoms with E-state index in [1.165, 1.54) is 19.2 Å². The monoisotopic (exact) mass is 316 g/mol. The zero-order valence-electron chi connectivity index (χ0n) is 11.6. The Labute approximate surface area is 122 Å². The SMILES string of the molecule is COC(=O)C1CCCCN1S(=O)(=O)c1c(N)cccc1F. The largest absolute Gasteiger partial charge is 0.468 e. The maximum absolute atomic E-state index is 13.9. The second-order valence-corrected chi connectivity index (χ2v) is 6.64. The van der Waals surface area contributed by atoms with Crippen molar-refractivity contribution in [3.8, 4) is 0 Å². The van der Waals surface area contributed by atoms with Gasteiger partial charge in [-0.1, -0.05) is 6.07 Å². The summed E-state index contributed by atoms with van der Waals surface area (Å²) in [5.74, 6) is -1.57. The van der Waals surface area contributed by atoms with Gasteiger partial charge in [-0.3, -0.25) is 4.79 Å². The summed E-state index contributed by atoms with van der Waals surface area (Å²) in [6, 6.07) is 2.73. The number of nitrogens with two attached hydrogens (primary N) is 1. The zero-order chi connectivity index (χ0) is 15.6. The van der Waals surface area contributed by atoms with Gasteiger partial charge in [0.15, 0.2) is 0 Å². The van der Waals surface area contributed by atoms with E-state index < -0.39 is 32.7 Å². The highest BCUT2D eigenvalue weighted by Gasteiger charge is 2.40. The molecule has 1 aromatic rings. The Morgan fingerprint density at radius 1 is 1.43 bits per heavy atom. The quantitative estimate of drug-likeness (QED) is 0.667. The van der Waals surface area contributed by atoms with Gasteiger partial charge in [-0.25, -0.2) is 12.8 Å². The van der Waals surface area contributed by atoms with Crippen molar-refractivity contribution < 1.29 is 22.3 Å². The van der Waals surface area contributed by atoms with Crippen molar-refractivity contribution >= 4 is 21.7 Å². The number of rotatable bonds is 3. The molecule has 0 saturated carbocycles. The molecule has 0 radical (unpaired) electrons. The Balaban J connectivity index is 2.48. The Morgan fingerprint density at radius 2 is 2.14 bits per heavy atom. The number of nitrogens with zero attached hydrogens (tertiary/aromatic N) is 1. The fourth-order valence-corrected chi connectivity index (χ4v) is 4.29. The summed E-state index contributed by atoms with van der Waals surface area (Å²) in [7, 11) is -3.00. The number of ether oxygens (including phenoxy) is 1. The lowest BCUT2D eigenvalue weighted by Crippen LogP contribution is -2.48. The normalized spacial score (nSPS) is 20.2. The van der Waals surface area contributed by atoms with E-state index in [9.17, 15) is 17.6 Å². The Morgan fingerprint density at radius 3 is 2.76 bits per heavy atom. The van der Waals surface area contributed by atoms with Crippen LogP contribution in [0.15, 0.2) is 23.1 Å². The van der Waals surface area contributed by atoms with Crippen LogP contribution in [-0.2, 0) is 19.6 Å². The van der Waals surface area contributed by atoms with Crippen LogP contribution in [0.5, 0.6) is 0 Å². The lowest BCUT2D eigenvalue weighted by Gasteiger charge is -2.32. The fourth-order valence-electron chi connectivity index (χ4n) is 2.48. The van der Waals surface area contributed by atoms with Crippen molar-refractivity contribution in [1.82, 2.24) is 4.31 Å². The number of halogens is 1. The minimum absolute atomic E-state index is 0.135. The van der Waals surface area contributed by atoms with Crippen molar-refractivity contribution in [1.29, 1.82) is 0 Å². The number of esters is 1. The van der Waals surface area contributed by atoms with Crippen molar-refractivity contribution in [2.45, 2.75) is 30.2 Å². The van der Waals surface area contributed by atoms with Gasteiger partial charge < -0.3 is 10.5 Å². The van der Waals surface area contributed by atoms with E-state index in [1.54, 1.807) is 0 Å². The van der Waals surface area contributed by atoms with Gasteiger partial charge in [-0.05, 0) is 31.4 Å². The molecule has 1 saturated heterocycles. The Hall–Kier alpha value is -1.67. The highest BCUT2D eigenvalue weighted by Crippen LogP contribution is 2.30. The fraction of sp³-hybridized carbons (Fsp3) is 0.462. The molecule has 0 spiro atoms. The van der Waals surface area contributed by atoms with E-state index in [2.05, 4.69) is 4.74 Å². The van der Waals surface area contributed by atoms with Gasteiger partial charge in [-0.2, -0.15) is 4.31 Å². The third kappa shape index (κ3) is 2.86. The maximum Gasteiger partial charge on any atom is 0.324 e. The van der Waals surface area contributed by atoms with Crippen LogP contribution < -0.4 is 5.73 Å². The zero-order valence-corrected chi connectivity index (χ0v) is 12.4. The second kappa shape index (κ2) is 5.98. The number of carbonyl (C=O) groups excluding carboxylic acids is 1. The molecule has 1 aliphatic rings. The summed E-state index contributed by atoms with van der Waals surface area (Å²) in [6.45, 7) is 0.135. The Bertz CT molecular complexity index is 627. The lowest BCUT2D eigenvalue weighted by atomic mass is 10.1. The number of carbonyl (C=O) groups is 1. The summed E-state index contributed by atoms with van der Waals surface area (Å²) in [4.78, 5) is 11.2. The predicted octanol–water partition coefficient (Wildman–Crippen LogP) is 1.12. The molecule has 21 heavy (non-hydrogen) atoms. The first-order chi connectivity index (χ1) is 9.89. The van der Waals surface area contributed by atoms with Crippen LogP contribution in [0.2, 0.25) is 0 Å². The van der Waals surface area contributed by atoms with Crippen LogP contribution in [0.3, 0.4) is 0 Å². The van der Waals surface area contributed by atoms with E-state index in [0.29, 0.717) is 19.3 Å². The topological polar surface area (TPSA) is 89.7 Å². The summed E-state index contributed by atoms with van der Waals surface area (Å²) < 4.78 is 44.8. The van der Waals surface area contributed by atoms with Crippen LogP contribution >= 0.6 is 0 Å². The average Bonchev–Trinajstić information content (AvgIpc) is 2.46. The van der Waals surface area contributed by atoms with Gasteiger partial charge in [0.25, 0.3) is 0 Å². The van der Waals surface area contributed by atoms with E-state index in [4.69, 9.17) is 5.73 Å². The van der Waals surface area contributed by atoms with Gasteiger partial charge >= 0.3 is 5.97 Å². The van der Waals surface area contributed by atoms with E-state index in [0.717, 1.165) is 10.4 Å². The lowest BCUT2D eigenvalue weighted by molar-refractivity contribution is -0.146. The number of sulfonamides is 1. The molecule has 2 rings (SSSR count). The minimum Gasteiger partial charge on any atom is -0.468 e. The molecule has 8 heteroatoms. The number of hydrogen-bond donors (Lipinski definition) is 1. The van der Waals surface area contributed by atoms with Crippen molar-refractivity contribution in [3.63, 3.8) is 0 Å². The van der Waals surface area contributed by atoms with Crippen molar-refractivity contribution in [2.75, 3.05) is 19.4 Å². The molecule has 1 aromatic carbocycles. The number of methoxy groups -OCH3 is 1. The Kier molecular flexibility index (Phi) is 4.48. The predicted molar refractivity (Wildman–Crippen MR) is 74.4 cm³/mol. The summed E-state index contributed by atoms with van der Waals surface area (Å²) in [6.07, 6.45) is 1.65. The molecule has 116 valence electrons. The first-order valence-electron chi connectivity index (χ1n) is 6.53. The smallest absolute Gasteiger partial charge is 0.324 e. The second-order valence-electron chi connectivity index (χ2n) is 4.81. The van der Waals surface area contributed by atoms with Gasteiger partial charge in [0.05, 0.1) is 12.8 Å². The number of hydrogen-bond acceptors (Lipinski definition) is 5. The van der Waals surface area contributed by atoms with Crippen LogP contribution in [0.1, 0.15) is 19.3 Å². The first-order valence-corrected chi connectivity index (χ1v) is 7.97. The van der Waals surface area contributed by atoms with Gasteiger partial charge in [0, 0.05) is 6.54 Å². The van der Waals surface area contributed by atoms with E-state index >= 15 is 0 Å². The van der Waals surface area contributed by atoms with Gasteiger partial charge in [0.1, 0.15) is 16.8 Å². The van der Waals surface area contributed by atoms with Gasteiger partial charge in [0.2, 0.25) is 10.0 Å². The molecule has 1 fully saturated rings. The van der Waals surface area contributed by atoms with Crippen molar-refractivity contribution in [2.24, 2.45) is 0 Å². The summed E-state index contributed by atoms with van der Waals surface area (Å²) >= 11 is 0. The highest BCUT2D eigenvalue weighted by atomic mass is 32.2. The van der Waals surface area contributed by atoms with Crippen LogP contribution in [0.4, 0.5) is 10.1 Å². The average molecular weight is 316 g/mol. The molecule has 1 unspecified atom stereocenters. The molecule has 2 N–H and O–H groups in total. The van der Waals surface area contributed by atoms with Crippen molar-refractivity contribution in [3.05, 3.63) is 24.0 Å².